The zero-order valence-corrected chi connectivity index (χ0v) is 13.6. The largest absolute Gasteiger partial charge is 0.350 e. The molecule has 0 bridgehead atoms. The number of hydrogen-bond donors (Lipinski definition) is 0. The lowest BCUT2D eigenvalue weighted by Gasteiger charge is -2.33. The second kappa shape index (κ2) is 7.99. The summed E-state index contributed by atoms with van der Waals surface area (Å²) in [7, 11) is 0. The van der Waals surface area contributed by atoms with Crippen molar-refractivity contribution < 1.29 is 14.3 Å². The van der Waals surface area contributed by atoms with Crippen LogP contribution in [0, 0.1) is 5.92 Å². The SMILES string of the molecule is O=C(CCSc1ccccc1)N1CCC(C2OCCO2)CC1. The molecule has 3 rings (SSSR count). The lowest BCUT2D eigenvalue weighted by atomic mass is 9.96. The van der Waals surface area contributed by atoms with Crippen LogP contribution in [0.15, 0.2) is 35.2 Å². The standard InChI is InChI=1S/C17H23NO3S/c19-16(8-13-22-15-4-2-1-3-5-15)18-9-6-14(7-10-18)17-20-11-12-21-17/h1-5,14,17H,6-13H2. The minimum absolute atomic E-state index is 0.0362. The molecule has 2 heterocycles. The van der Waals surface area contributed by atoms with Crippen LogP contribution in [0.3, 0.4) is 0 Å². The lowest BCUT2D eigenvalue weighted by Crippen LogP contribution is -2.41. The molecule has 5 heteroatoms. The van der Waals surface area contributed by atoms with Crippen LogP contribution in [0.25, 0.3) is 0 Å². The van der Waals surface area contributed by atoms with Gasteiger partial charge in [-0.05, 0) is 25.0 Å². The number of thioether (sulfide) groups is 1. The van der Waals surface area contributed by atoms with Crippen LogP contribution in [0.1, 0.15) is 19.3 Å². The third-order valence-electron chi connectivity index (χ3n) is 4.25. The summed E-state index contributed by atoms with van der Waals surface area (Å²) in [5.74, 6) is 1.57. The molecule has 0 atom stereocenters. The predicted octanol–water partition coefficient (Wildman–Crippen LogP) is 2.78. The predicted molar refractivity (Wildman–Crippen MR) is 86.8 cm³/mol. The van der Waals surface area contributed by atoms with Gasteiger partial charge in [0.05, 0.1) is 13.2 Å². The Hall–Kier alpha value is -1.04. The van der Waals surface area contributed by atoms with Gasteiger partial charge in [-0.3, -0.25) is 4.79 Å². The Morgan fingerprint density at radius 2 is 1.82 bits per heavy atom. The van der Waals surface area contributed by atoms with E-state index in [0.717, 1.165) is 31.7 Å². The monoisotopic (exact) mass is 321 g/mol. The fourth-order valence-corrected chi connectivity index (χ4v) is 3.86. The number of carbonyl (C=O) groups is 1. The first-order valence-electron chi connectivity index (χ1n) is 8.02. The molecule has 0 radical (unpaired) electrons. The van der Waals surface area contributed by atoms with Gasteiger partial charge in [0, 0.05) is 36.1 Å². The van der Waals surface area contributed by atoms with Gasteiger partial charge in [0.1, 0.15) is 0 Å². The molecule has 1 aromatic rings. The van der Waals surface area contributed by atoms with Crippen molar-refractivity contribution in [3.63, 3.8) is 0 Å². The zero-order valence-electron chi connectivity index (χ0n) is 12.8. The Balaban J connectivity index is 1.36. The van der Waals surface area contributed by atoms with Crippen LogP contribution in [0.4, 0.5) is 0 Å². The molecular weight excluding hydrogens is 298 g/mol. The van der Waals surface area contributed by atoms with Crippen LogP contribution in [0.5, 0.6) is 0 Å². The molecular formula is C17H23NO3S. The fraction of sp³-hybridized carbons (Fsp3) is 0.588. The maximum absolute atomic E-state index is 12.3. The van der Waals surface area contributed by atoms with Crippen molar-refractivity contribution >= 4 is 17.7 Å². The normalized spacial score (nSPS) is 20.5. The molecule has 22 heavy (non-hydrogen) atoms. The average Bonchev–Trinajstić information content (AvgIpc) is 3.10. The number of rotatable bonds is 5. The second-order valence-corrected chi connectivity index (χ2v) is 6.91. The van der Waals surface area contributed by atoms with Crippen LogP contribution in [0.2, 0.25) is 0 Å². The molecule has 0 N–H and O–H groups in total. The number of hydrogen-bond acceptors (Lipinski definition) is 4. The van der Waals surface area contributed by atoms with Crippen LogP contribution < -0.4 is 0 Å². The molecule has 2 aliphatic rings. The Morgan fingerprint density at radius 3 is 2.50 bits per heavy atom. The molecule has 0 aromatic heterocycles. The first-order valence-corrected chi connectivity index (χ1v) is 9.00. The summed E-state index contributed by atoms with van der Waals surface area (Å²) >= 11 is 1.75. The van der Waals surface area contributed by atoms with Crippen molar-refractivity contribution in [3.05, 3.63) is 30.3 Å². The number of amides is 1. The molecule has 0 unspecified atom stereocenters. The first kappa shape index (κ1) is 15.8. The average molecular weight is 321 g/mol. The van der Waals surface area contributed by atoms with E-state index >= 15 is 0 Å². The number of carbonyl (C=O) groups excluding carboxylic acids is 1. The van der Waals surface area contributed by atoms with Crippen molar-refractivity contribution in [2.45, 2.75) is 30.4 Å². The molecule has 2 fully saturated rings. The third kappa shape index (κ3) is 4.24. The van der Waals surface area contributed by atoms with Crippen LogP contribution >= 0.6 is 11.8 Å². The van der Waals surface area contributed by atoms with Gasteiger partial charge in [0.15, 0.2) is 6.29 Å². The van der Waals surface area contributed by atoms with Gasteiger partial charge in [-0.1, -0.05) is 18.2 Å². The Kier molecular flexibility index (Phi) is 5.76. The molecule has 0 saturated carbocycles. The summed E-state index contributed by atoms with van der Waals surface area (Å²) < 4.78 is 11.1. The van der Waals surface area contributed by atoms with Gasteiger partial charge >= 0.3 is 0 Å². The van der Waals surface area contributed by atoms with Crippen molar-refractivity contribution in [2.24, 2.45) is 5.92 Å². The Bertz CT molecular complexity index is 468. The highest BCUT2D eigenvalue weighted by Crippen LogP contribution is 2.26. The van der Waals surface area contributed by atoms with E-state index < -0.39 is 0 Å². The molecule has 0 aliphatic carbocycles. The zero-order chi connectivity index (χ0) is 15.2. The summed E-state index contributed by atoms with van der Waals surface area (Å²) in [6.07, 6.45) is 2.55. The van der Waals surface area contributed by atoms with Crippen molar-refractivity contribution in [1.82, 2.24) is 4.90 Å². The summed E-state index contributed by atoms with van der Waals surface area (Å²) in [4.78, 5) is 15.5. The van der Waals surface area contributed by atoms with E-state index in [-0.39, 0.29) is 12.2 Å². The van der Waals surface area contributed by atoms with Crippen molar-refractivity contribution in [2.75, 3.05) is 32.1 Å². The summed E-state index contributed by atoms with van der Waals surface area (Å²) in [6, 6.07) is 10.2. The summed E-state index contributed by atoms with van der Waals surface area (Å²) in [5.41, 5.74) is 0. The minimum Gasteiger partial charge on any atom is -0.350 e. The quantitative estimate of drug-likeness (QED) is 0.782. The maximum atomic E-state index is 12.3. The van der Waals surface area contributed by atoms with E-state index in [9.17, 15) is 4.79 Å². The van der Waals surface area contributed by atoms with E-state index in [1.165, 1.54) is 4.90 Å². The first-order chi connectivity index (χ1) is 10.8. The number of likely N-dealkylation sites (tertiary alicyclic amines) is 1. The molecule has 2 saturated heterocycles. The molecule has 4 nitrogen and oxygen atoms in total. The Labute approximate surface area is 136 Å². The van der Waals surface area contributed by atoms with Gasteiger partial charge < -0.3 is 14.4 Å². The summed E-state index contributed by atoms with van der Waals surface area (Å²) in [5, 5.41) is 0. The van der Waals surface area contributed by atoms with E-state index in [0.29, 0.717) is 25.6 Å². The van der Waals surface area contributed by atoms with E-state index in [1.54, 1.807) is 11.8 Å². The molecule has 2 aliphatic heterocycles. The van der Waals surface area contributed by atoms with Gasteiger partial charge in [0.2, 0.25) is 5.91 Å². The van der Waals surface area contributed by atoms with E-state index in [2.05, 4.69) is 12.1 Å². The van der Waals surface area contributed by atoms with E-state index in [4.69, 9.17) is 9.47 Å². The lowest BCUT2D eigenvalue weighted by molar-refractivity contribution is -0.136. The van der Waals surface area contributed by atoms with E-state index in [1.807, 2.05) is 23.1 Å². The molecule has 1 aromatic carbocycles. The number of benzene rings is 1. The highest BCUT2D eigenvalue weighted by molar-refractivity contribution is 7.99. The van der Waals surface area contributed by atoms with Crippen molar-refractivity contribution in [3.8, 4) is 0 Å². The highest BCUT2D eigenvalue weighted by atomic mass is 32.2. The second-order valence-electron chi connectivity index (χ2n) is 5.74. The summed E-state index contributed by atoms with van der Waals surface area (Å²) in [6.45, 7) is 3.09. The number of nitrogens with zero attached hydrogens (tertiary/aromatic N) is 1. The Morgan fingerprint density at radius 1 is 1.14 bits per heavy atom. The van der Waals surface area contributed by atoms with Crippen LogP contribution in [-0.4, -0.2) is 49.2 Å². The number of piperidine rings is 1. The number of ether oxygens (including phenoxy) is 2. The van der Waals surface area contributed by atoms with Gasteiger partial charge in [-0.15, -0.1) is 11.8 Å². The molecule has 1 amide bonds. The fourth-order valence-electron chi connectivity index (χ4n) is 3.00. The van der Waals surface area contributed by atoms with Gasteiger partial charge in [0.25, 0.3) is 0 Å². The van der Waals surface area contributed by atoms with Gasteiger partial charge in [-0.2, -0.15) is 0 Å². The van der Waals surface area contributed by atoms with Gasteiger partial charge in [-0.25, -0.2) is 0 Å². The molecule has 120 valence electrons. The molecule has 0 spiro atoms. The third-order valence-corrected chi connectivity index (χ3v) is 5.27. The van der Waals surface area contributed by atoms with Crippen LogP contribution in [-0.2, 0) is 14.3 Å². The topological polar surface area (TPSA) is 38.8 Å². The maximum Gasteiger partial charge on any atom is 0.223 e. The minimum atomic E-state index is -0.0362. The van der Waals surface area contributed by atoms with Crippen molar-refractivity contribution in [1.29, 1.82) is 0 Å². The highest BCUT2D eigenvalue weighted by Gasteiger charge is 2.31. The smallest absolute Gasteiger partial charge is 0.223 e.